The molecule has 3 aromatic carbocycles. The molecule has 0 unspecified atom stereocenters. The zero-order valence-electron chi connectivity index (χ0n) is 21.9. The van der Waals surface area contributed by atoms with Crippen molar-refractivity contribution in [1.82, 2.24) is 5.43 Å². The minimum absolute atomic E-state index is 0.0827. The average Bonchev–Trinajstić information content (AvgIpc) is 2.84. The Labute approximate surface area is 214 Å². The fourth-order valence-corrected chi connectivity index (χ4v) is 5.32. The summed E-state index contributed by atoms with van der Waals surface area (Å²) in [6.45, 7) is 13.1. The van der Waals surface area contributed by atoms with E-state index < -0.39 is 11.5 Å². The first kappa shape index (κ1) is 25.4. The van der Waals surface area contributed by atoms with E-state index in [2.05, 4.69) is 68.3 Å². The largest absolute Gasteiger partial charge is 0.372 e. The number of carbonyl (C=O) groups excluding carboxylic acids is 1. The lowest BCUT2D eigenvalue weighted by Gasteiger charge is -2.46. The van der Waals surface area contributed by atoms with Crippen LogP contribution in [-0.4, -0.2) is 28.8 Å². The summed E-state index contributed by atoms with van der Waals surface area (Å²) >= 11 is 0. The van der Waals surface area contributed by atoms with E-state index in [0.29, 0.717) is 17.2 Å². The first-order valence-corrected chi connectivity index (χ1v) is 12.4. The van der Waals surface area contributed by atoms with Gasteiger partial charge in [-0.25, -0.2) is 5.43 Å². The summed E-state index contributed by atoms with van der Waals surface area (Å²) in [5.74, 6) is -0.615. The summed E-state index contributed by atoms with van der Waals surface area (Å²) in [6.07, 6.45) is 3.95. The van der Waals surface area contributed by atoms with Crippen molar-refractivity contribution in [3.63, 3.8) is 0 Å². The number of nitrogens with one attached hydrogen (secondary N) is 1. The van der Waals surface area contributed by atoms with E-state index in [9.17, 15) is 9.90 Å². The van der Waals surface area contributed by atoms with Gasteiger partial charge in [-0.2, -0.15) is 5.10 Å². The van der Waals surface area contributed by atoms with Gasteiger partial charge in [0.2, 0.25) is 0 Å². The van der Waals surface area contributed by atoms with Gasteiger partial charge in [0.1, 0.15) is 0 Å². The Hall–Kier alpha value is -3.70. The van der Waals surface area contributed by atoms with Crippen LogP contribution < -0.4 is 10.3 Å². The molecule has 0 saturated carbocycles. The summed E-state index contributed by atoms with van der Waals surface area (Å²) in [7, 11) is 0. The van der Waals surface area contributed by atoms with E-state index in [1.807, 2.05) is 19.1 Å². The second-order valence-electron chi connectivity index (χ2n) is 10.3. The number of nitrogens with zero attached hydrogens (tertiary/aromatic N) is 2. The molecule has 1 heterocycles. The van der Waals surface area contributed by atoms with Crippen molar-refractivity contribution in [3.05, 3.63) is 107 Å². The molecule has 2 N–H and O–H groups in total. The zero-order valence-corrected chi connectivity index (χ0v) is 21.9. The third-order valence-electron chi connectivity index (χ3n) is 6.86. The number of aryl methyl sites for hydroxylation is 1. The normalized spacial score (nSPS) is 15.1. The third-order valence-corrected chi connectivity index (χ3v) is 6.86. The molecule has 0 spiro atoms. The van der Waals surface area contributed by atoms with E-state index >= 15 is 0 Å². The Kier molecular flexibility index (Phi) is 6.87. The van der Waals surface area contributed by atoms with Crippen LogP contribution in [0, 0.1) is 6.92 Å². The molecule has 0 aliphatic carbocycles. The van der Waals surface area contributed by atoms with E-state index in [1.54, 1.807) is 54.7 Å². The number of benzene rings is 3. The third kappa shape index (κ3) is 4.59. The van der Waals surface area contributed by atoms with Crippen LogP contribution in [-0.2, 0) is 10.4 Å². The van der Waals surface area contributed by atoms with E-state index in [4.69, 9.17) is 0 Å². The number of hydrazone groups is 1. The molecule has 0 saturated heterocycles. The van der Waals surface area contributed by atoms with Gasteiger partial charge in [0.05, 0.1) is 11.8 Å². The monoisotopic (exact) mass is 481 g/mol. The van der Waals surface area contributed by atoms with Gasteiger partial charge >= 0.3 is 0 Å². The van der Waals surface area contributed by atoms with Crippen molar-refractivity contribution >= 4 is 23.4 Å². The maximum atomic E-state index is 13.3. The second-order valence-corrected chi connectivity index (χ2v) is 10.3. The number of aliphatic hydroxyl groups is 1. The lowest BCUT2D eigenvalue weighted by Crippen LogP contribution is -2.49. The number of anilines is 1. The first-order valence-electron chi connectivity index (χ1n) is 12.4. The van der Waals surface area contributed by atoms with Crippen molar-refractivity contribution in [1.29, 1.82) is 0 Å². The molecule has 1 amide bonds. The van der Waals surface area contributed by atoms with Gasteiger partial charge in [-0.1, -0.05) is 66.7 Å². The molecule has 0 radical (unpaired) electrons. The van der Waals surface area contributed by atoms with Gasteiger partial charge in [0.25, 0.3) is 5.91 Å². The van der Waals surface area contributed by atoms with Gasteiger partial charge in [-0.3, -0.25) is 4.79 Å². The van der Waals surface area contributed by atoms with Gasteiger partial charge in [-0.15, -0.1) is 0 Å². The van der Waals surface area contributed by atoms with Crippen molar-refractivity contribution in [2.24, 2.45) is 5.10 Å². The molecule has 1 aliphatic rings. The highest BCUT2D eigenvalue weighted by Crippen LogP contribution is 2.41. The number of carbonyl (C=O) groups is 1. The Morgan fingerprint density at radius 1 is 1.00 bits per heavy atom. The van der Waals surface area contributed by atoms with Crippen LogP contribution in [0.1, 0.15) is 62.4 Å². The summed E-state index contributed by atoms with van der Waals surface area (Å²) in [6, 6.07) is 22.5. The average molecular weight is 482 g/mol. The molecule has 1 aliphatic heterocycles. The molecule has 5 nitrogen and oxygen atoms in total. The number of allylic oxidation sites excluding steroid dienone is 1. The molecule has 186 valence electrons. The highest BCUT2D eigenvalue weighted by atomic mass is 16.3. The molecule has 5 heteroatoms. The summed E-state index contributed by atoms with van der Waals surface area (Å²) in [4.78, 5) is 15.8. The summed E-state index contributed by atoms with van der Waals surface area (Å²) in [5, 5.41) is 15.9. The summed E-state index contributed by atoms with van der Waals surface area (Å²) < 4.78 is 0. The maximum Gasteiger partial charge on any atom is 0.281 e. The number of hydrogen-bond donors (Lipinski definition) is 2. The van der Waals surface area contributed by atoms with Gasteiger partial charge in [0, 0.05) is 17.3 Å². The van der Waals surface area contributed by atoms with E-state index in [1.165, 1.54) is 11.3 Å². The minimum atomic E-state index is -1.87. The lowest BCUT2D eigenvalue weighted by molar-refractivity contribution is -0.136. The van der Waals surface area contributed by atoms with Crippen LogP contribution >= 0.6 is 0 Å². The molecular weight excluding hydrogens is 446 g/mol. The number of rotatable bonds is 6. The number of fused-ring (bicyclic) bond motifs is 1. The highest BCUT2D eigenvalue weighted by molar-refractivity contribution is 5.93. The van der Waals surface area contributed by atoms with Gasteiger partial charge in [-0.05, 0) is 81.5 Å². The maximum absolute atomic E-state index is 13.3. The van der Waals surface area contributed by atoms with Crippen molar-refractivity contribution in [3.8, 4) is 0 Å². The van der Waals surface area contributed by atoms with Crippen LogP contribution in [0.2, 0.25) is 0 Å². The lowest BCUT2D eigenvalue weighted by atomic mass is 9.85. The number of amides is 1. The number of hydrogen-bond acceptors (Lipinski definition) is 4. The molecule has 0 aromatic heterocycles. The fourth-order valence-electron chi connectivity index (χ4n) is 5.32. The molecule has 36 heavy (non-hydrogen) atoms. The predicted molar refractivity (Wildman–Crippen MR) is 148 cm³/mol. The fraction of sp³-hybridized carbons (Fsp3) is 0.290. The van der Waals surface area contributed by atoms with Crippen LogP contribution in [0.15, 0.2) is 84.0 Å². The zero-order chi connectivity index (χ0) is 26.1. The standard InChI is InChI=1S/C31H35N3O2/c1-21(2)34-28-17-22(3)24(18-27(28)23(4)19-30(34,5)6)20-32-33-29(35)31(36,25-13-9-7-10-14-25)26-15-11-8-12-16-26/h7-21,36H,1-6H3,(H,33,35)/b32-20-. The van der Waals surface area contributed by atoms with E-state index in [-0.39, 0.29) is 5.54 Å². The Balaban J connectivity index is 1.65. The van der Waals surface area contributed by atoms with Crippen molar-refractivity contribution in [2.75, 3.05) is 4.90 Å². The van der Waals surface area contributed by atoms with Crippen molar-refractivity contribution < 1.29 is 9.90 Å². The Bertz CT molecular complexity index is 1270. The Morgan fingerprint density at radius 3 is 2.08 bits per heavy atom. The van der Waals surface area contributed by atoms with Crippen molar-refractivity contribution in [2.45, 2.75) is 58.7 Å². The van der Waals surface area contributed by atoms with Gasteiger partial charge in [0.15, 0.2) is 5.60 Å². The smallest absolute Gasteiger partial charge is 0.281 e. The molecule has 3 aromatic rings. The molecular formula is C31H35N3O2. The van der Waals surface area contributed by atoms with Crippen LogP contribution in [0.5, 0.6) is 0 Å². The van der Waals surface area contributed by atoms with Gasteiger partial charge < -0.3 is 10.0 Å². The second kappa shape index (κ2) is 9.75. The van der Waals surface area contributed by atoms with Crippen LogP contribution in [0.25, 0.3) is 5.57 Å². The minimum Gasteiger partial charge on any atom is -0.372 e. The Morgan fingerprint density at radius 2 is 1.56 bits per heavy atom. The topological polar surface area (TPSA) is 64.9 Å². The molecule has 0 bridgehead atoms. The SMILES string of the molecule is CC1=CC(C)(C)N(C(C)C)c2cc(C)c(/C=N\NC(=O)C(O)(c3ccccc3)c3ccccc3)cc21. The molecule has 4 rings (SSSR count). The molecule has 0 atom stereocenters. The van der Waals surface area contributed by atoms with Crippen LogP contribution in [0.3, 0.4) is 0 Å². The quantitative estimate of drug-likeness (QED) is 0.346. The predicted octanol–water partition coefficient (Wildman–Crippen LogP) is 5.79. The summed E-state index contributed by atoms with van der Waals surface area (Å²) in [5.41, 5.74) is 7.14. The van der Waals surface area contributed by atoms with Crippen LogP contribution in [0.4, 0.5) is 5.69 Å². The molecule has 0 fully saturated rings. The first-order chi connectivity index (χ1) is 17.1. The highest BCUT2D eigenvalue weighted by Gasteiger charge is 2.40. The van der Waals surface area contributed by atoms with E-state index in [0.717, 1.165) is 16.7 Å².